The summed E-state index contributed by atoms with van der Waals surface area (Å²) in [5.41, 5.74) is 7.46. The van der Waals surface area contributed by atoms with Gasteiger partial charge in [-0.15, -0.1) is 0 Å². The Morgan fingerprint density at radius 1 is 0.429 bits per heavy atom. The monoisotopic (exact) mass is 646 g/mol. The average molecular weight is 647 g/mol. The van der Waals surface area contributed by atoms with Crippen LogP contribution in [0.15, 0.2) is 206 Å². The molecule has 0 aromatic heterocycles. The van der Waals surface area contributed by atoms with Crippen LogP contribution in [0.4, 0.5) is 0 Å². The molecule has 1 aliphatic rings. The fraction of sp³-hybridized carbons (Fsp3) is 0.0213. The van der Waals surface area contributed by atoms with Crippen LogP contribution >= 0.6 is 6.89 Å². The van der Waals surface area contributed by atoms with E-state index in [0.29, 0.717) is 5.56 Å². The minimum Gasteiger partial charge on any atom is -0.289 e. The first-order valence-corrected chi connectivity index (χ1v) is 18.5. The highest BCUT2D eigenvalue weighted by Crippen LogP contribution is 2.57. The van der Waals surface area contributed by atoms with Gasteiger partial charge in [0.05, 0.1) is 0 Å². The van der Waals surface area contributed by atoms with E-state index in [1.807, 2.05) is 30.3 Å². The van der Waals surface area contributed by atoms with Crippen LogP contribution in [0.25, 0.3) is 11.1 Å². The smallest absolute Gasteiger partial charge is 0.194 e. The van der Waals surface area contributed by atoms with Crippen molar-refractivity contribution in [2.45, 2.75) is 5.92 Å². The van der Waals surface area contributed by atoms with E-state index in [2.05, 4.69) is 176 Å². The fourth-order valence-electron chi connectivity index (χ4n) is 7.54. The number of benzene rings is 7. The van der Waals surface area contributed by atoms with Gasteiger partial charge in [0.2, 0.25) is 0 Å². The van der Waals surface area contributed by atoms with Gasteiger partial charge in [0.1, 0.15) is 0 Å². The predicted molar refractivity (Wildman–Crippen MR) is 209 cm³/mol. The third kappa shape index (κ3) is 5.34. The van der Waals surface area contributed by atoms with Crippen molar-refractivity contribution < 1.29 is 4.79 Å². The number of hydrogen-bond donors (Lipinski definition) is 0. The summed E-state index contributed by atoms with van der Waals surface area (Å²) in [6, 6.07) is 72.4. The van der Waals surface area contributed by atoms with Crippen LogP contribution in [0.2, 0.25) is 0 Å². The molecular formula is C47H35OP. The van der Waals surface area contributed by atoms with Crippen molar-refractivity contribution in [2.24, 2.45) is 0 Å². The molecule has 0 bridgehead atoms. The van der Waals surface area contributed by atoms with Crippen molar-refractivity contribution in [1.29, 1.82) is 0 Å². The maximum Gasteiger partial charge on any atom is 0.194 e. The van der Waals surface area contributed by atoms with Crippen molar-refractivity contribution >= 4 is 45.0 Å². The Kier molecular flexibility index (Phi) is 8.36. The van der Waals surface area contributed by atoms with Crippen molar-refractivity contribution in [2.75, 3.05) is 0 Å². The molecule has 0 saturated carbocycles. The van der Waals surface area contributed by atoms with E-state index in [1.165, 1.54) is 22.0 Å². The van der Waals surface area contributed by atoms with Crippen LogP contribution in [-0.2, 0) is 0 Å². The number of fused-ring (bicyclic) bond motifs is 1. The molecule has 0 unspecified atom stereocenters. The van der Waals surface area contributed by atoms with Crippen molar-refractivity contribution in [3.05, 3.63) is 234 Å². The van der Waals surface area contributed by atoms with Crippen LogP contribution in [0.3, 0.4) is 0 Å². The number of carbonyl (C=O) groups is 1. The molecule has 0 spiro atoms. The minimum absolute atomic E-state index is 0.0624. The normalized spacial score (nSPS) is 13.6. The van der Waals surface area contributed by atoms with E-state index >= 15 is 4.79 Å². The van der Waals surface area contributed by atoms with Gasteiger partial charge in [-0.2, -0.15) is 0 Å². The van der Waals surface area contributed by atoms with E-state index in [-0.39, 0.29) is 11.7 Å². The van der Waals surface area contributed by atoms with Gasteiger partial charge in [-0.05, 0) is 56.2 Å². The Labute approximate surface area is 288 Å². The molecule has 1 nitrogen and oxygen atoms in total. The summed E-state index contributed by atoms with van der Waals surface area (Å²) in [7, 11) is 0. The van der Waals surface area contributed by atoms with E-state index in [1.54, 1.807) is 0 Å². The molecule has 2 heteroatoms. The van der Waals surface area contributed by atoms with Gasteiger partial charge >= 0.3 is 0 Å². The summed E-state index contributed by atoms with van der Waals surface area (Å²) < 4.78 is 0. The number of Topliss-reactive ketones (excluding diaryl/α,β-unsaturated/α-hetero) is 1. The molecule has 234 valence electrons. The van der Waals surface area contributed by atoms with Gasteiger partial charge < -0.3 is 0 Å². The van der Waals surface area contributed by atoms with Gasteiger partial charge in [0.15, 0.2) is 5.78 Å². The van der Waals surface area contributed by atoms with Gasteiger partial charge in [-0.25, -0.2) is 0 Å². The zero-order chi connectivity index (χ0) is 33.0. The molecule has 0 saturated heterocycles. The highest BCUT2D eigenvalue weighted by molar-refractivity contribution is 7.97. The lowest BCUT2D eigenvalue weighted by Gasteiger charge is -2.41. The largest absolute Gasteiger partial charge is 0.289 e. The Bertz CT molecular complexity index is 2230. The second kappa shape index (κ2) is 13.4. The van der Waals surface area contributed by atoms with Gasteiger partial charge in [0, 0.05) is 16.8 Å². The molecule has 8 rings (SSSR count). The number of rotatable bonds is 8. The van der Waals surface area contributed by atoms with Crippen molar-refractivity contribution in [1.82, 2.24) is 0 Å². The number of allylic oxidation sites excluding steroid dienone is 2. The molecule has 49 heavy (non-hydrogen) atoms. The number of hydrogen-bond acceptors (Lipinski definition) is 1. The van der Waals surface area contributed by atoms with Gasteiger partial charge in [-0.3, -0.25) is 4.79 Å². The van der Waals surface area contributed by atoms with Crippen molar-refractivity contribution in [3.8, 4) is 0 Å². The molecule has 7 aromatic carbocycles. The Morgan fingerprint density at radius 3 is 1.35 bits per heavy atom. The molecule has 0 N–H and O–H groups in total. The third-order valence-electron chi connectivity index (χ3n) is 9.55. The molecule has 1 heterocycles. The first-order chi connectivity index (χ1) is 24.3. The van der Waals surface area contributed by atoms with E-state index in [0.717, 1.165) is 32.6 Å². The number of carbonyl (C=O) groups excluding carboxylic acids is 1. The topological polar surface area (TPSA) is 17.1 Å². The highest BCUT2D eigenvalue weighted by Gasteiger charge is 2.43. The Balaban J connectivity index is 1.67. The second-order valence-electron chi connectivity index (χ2n) is 12.3. The standard InChI is InChI=1S/C47H35OP/c48-46(38-27-13-4-14-28-38)47-44(37-25-11-3-12-26-37)45(43(35-21-7-1-8-22-35)36-23-9-2-10-24-36)41-33-19-20-34-42(41)49(47,39-29-15-5-16-30-39)40-31-17-6-18-32-40/h1-34,43H. The summed E-state index contributed by atoms with van der Waals surface area (Å²) in [6.07, 6.45) is 0. The number of ketones is 1. The van der Waals surface area contributed by atoms with E-state index in [4.69, 9.17) is 0 Å². The summed E-state index contributed by atoms with van der Waals surface area (Å²) in [6.45, 7) is -2.79. The van der Waals surface area contributed by atoms with Crippen LogP contribution in [0.5, 0.6) is 0 Å². The molecule has 0 aliphatic carbocycles. The second-order valence-corrected chi connectivity index (χ2v) is 15.6. The summed E-state index contributed by atoms with van der Waals surface area (Å²) in [5, 5.41) is 4.40. The lowest BCUT2D eigenvalue weighted by atomic mass is 9.76. The Morgan fingerprint density at radius 2 is 0.837 bits per heavy atom. The first-order valence-electron chi connectivity index (χ1n) is 16.8. The van der Waals surface area contributed by atoms with E-state index in [9.17, 15) is 0 Å². The van der Waals surface area contributed by atoms with Gasteiger partial charge in [0.25, 0.3) is 0 Å². The van der Waals surface area contributed by atoms with Crippen LogP contribution in [-0.4, -0.2) is 11.1 Å². The molecule has 0 fully saturated rings. The Hall–Kier alpha value is -5.75. The zero-order valence-electron chi connectivity index (χ0n) is 27.1. The van der Waals surface area contributed by atoms with Crippen LogP contribution in [0, 0.1) is 0 Å². The highest BCUT2D eigenvalue weighted by atomic mass is 31.2. The third-order valence-corrected chi connectivity index (χ3v) is 13.9. The maximum absolute atomic E-state index is 15.8. The van der Waals surface area contributed by atoms with Gasteiger partial charge in [-0.1, -0.05) is 206 Å². The summed E-state index contributed by atoms with van der Waals surface area (Å²) in [4.78, 5) is 15.8. The lowest BCUT2D eigenvalue weighted by Crippen LogP contribution is -2.39. The molecule has 0 amide bonds. The molecule has 0 radical (unpaired) electrons. The fourth-order valence-corrected chi connectivity index (χ4v) is 12.3. The minimum atomic E-state index is -2.79. The summed E-state index contributed by atoms with van der Waals surface area (Å²) >= 11 is 0. The van der Waals surface area contributed by atoms with Crippen molar-refractivity contribution in [3.63, 3.8) is 0 Å². The van der Waals surface area contributed by atoms with E-state index < -0.39 is 6.89 Å². The quantitative estimate of drug-likeness (QED) is 0.119. The maximum atomic E-state index is 15.8. The van der Waals surface area contributed by atoms with Crippen LogP contribution in [0.1, 0.15) is 38.5 Å². The molecule has 0 atom stereocenters. The SMILES string of the molecule is O=C(C1=P(c2ccccc2)(c2ccccc2)c2ccccc2C(C(c2ccccc2)c2ccccc2)=C1c1ccccc1)c1ccccc1. The predicted octanol–water partition coefficient (Wildman–Crippen LogP) is 9.79. The average Bonchev–Trinajstić information content (AvgIpc) is 3.19. The summed E-state index contributed by atoms with van der Waals surface area (Å²) in [5.74, 6) is -0.0709. The molecule has 7 aromatic rings. The van der Waals surface area contributed by atoms with Crippen LogP contribution < -0.4 is 15.9 Å². The first kappa shape index (κ1) is 30.6. The molecular weight excluding hydrogens is 611 g/mol. The zero-order valence-corrected chi connectivity index (χ0v) is 28.0. The lowest BCUT2D eigenvalue weighted by molar-refractivity contribution is 0.106. The molecule has 1 aliphatic heterocycles.